The van der Waals surface area contributed by atoms with E-state index in [4.69, 9.17) is 4.42 Å². The Morgan fingerprint density at radius 2 is 1.04 bits per heavy atom. The van der Waals surface area contributed by atoms with Gasteiger partial charge in [-0.05, 0) is 119 Å². The Balaban J connectivity index is 1.11. The largest absolute Gasteiger partial charge is 0.456 e. The van der Waals surface area contributed by atoms with Crippen LogP contribution in [0.4, 0.5) is 0 Å². The van der Waals surface area contributed by atoms with Crippen LogP contribution >= 0.6 is 0 Å². The third-order valence-electron chi connectivity index (χ3n) is 11.1. The first-order chi connectivity index (χ1) is 25.3. The molecule has 0 spiro atoms. The second-order valence-corrected chi connectivity index (χ2v) is 14.2. The number of aromatic nitrogens is 1. The van der Waals surface area contributed by atoms with Crippen molar-refractivity contribution in [1.82, 2.24) is 4.57 Å². The maximum Gasteiger partial charge on any atom is 0.136 e. The van der Waals surface area contributed by atoms with Crippen LogP contribution in [0, 0.1) is 0 Å². The number of para-hydroxylation sites is 1. The van der Waals surface area contributed by atoms with Gasteiger partial charge in [-0.3, -0.25) is 0 Å². The highest BCUT2D eigenvalue weighted by Crippen LogP contribution is 2.40. The lowest BCUT2D eigenvalue weighted by Gasteiger charge is -2.14. The van der Waals surface area contributed by atoms with Gasteiger partial charge >= 0.3 is 0 Å². The topological polar surface area (TPSA) is 18.1 Å². The van der Waals surface area contributed by atoms with Crippen LogP contribution in [0.2, 0.25) is 0 Å². The number of hydrogen-bond donors (Lipinski definition) is 0. The molecule has 0 N–H and O–H groups in total. The maximum atomic E-state index is 6.73. The molecule has 2 aromatic heterocycles. The minimum absolute atomic E-state index is 0.941. The zero-order chi connectivity index (χ0) is 33.7. The minimum Gasteiger partial charge on any atom is -0.456 e. The van der Waals surface area contributed by atoms with Gasteiger partial charge in [-0.25, -0.2) is 0 Å². The van der Waals surface area contributed by atoms with Gasteiger partial charge in [0.2, 0.25) is 0 Å². The predicted octanol–water partition coefficient (Wildman–Crippen LogP) is 13.7. The lowest BCUT2D eigenvalue weighted by atomic mass is 9.90. The molecule has 9 aromatic rings. The van der Waals surface area contributed by atoms with E-state index in [1.54, 1.807) is 0 Å². The molecular formula is C49H39NO. The van der Waals surface area contributed by atoms with Crippen LogP contribution in [-0.2, 0) is 12.8 Å². The number of hydrogen-bond acceptors (Lipinski definition) is 1. The fourth-order valence-corrected chi connectivity index (χ4v) is 8.55. The molecule has 1 aliphatic rings. The molecule has 2 nitrogen and oxygen atoms in total. The number of aryl methyl sites for hydroxylation is 2. The van der Waals surface area contributed by atoms with E-state index in [0.717, 1.165) is 35.3 Å². The van der Waals surface area contributed by atoms with Crippen molar-refractivity contribution in [3.05, 3.63) is 163 Å². The summed E-state index contributed by atoms with van der Waals surface area (Å²) in [4.78, 5) is 0. The smallest absolute Gasteiger partial charge is 0.136 e. The monoisotopic (exact) mass is 657 g/mol. The molecule has 0 amide bonds. The van der Waals surface area contributed by atoms with Gasteiger partial charge in [0.05, 0.1) is 11.0 Å². The summed E-state index contributed by atoms with van der Waals surface area (Å²) >= 11 is 0. The van der Waals surface area contributed by atoms with Crippen molar-refractivity contribution >= 4 is 43.7 Å². The van der Waals surface area contributed by atoms with E-state index in [1.807, 2.05) is 0 Å². The van der Waals surface area contributed by atoms with Crippen molar-refractivity contribution in [2.45, 2.75) is 44.9 Å². The normalized spacial score (nSPS) is 13.7. The van der Waals surface area contributed by atoms with Crippen LogP contribution in [0.1, 0.15) is 43.2 Å². The SMILES string of the molecule is c1ccc(-c2cccc(-n3c4ccccc4c4ccc(-c5ccc6c(c5)oc5cc7c(cc56)CCCCCCCc5ccccc5-7)cc43)c2)cc1. The Kier molecular flexibility index (Phi) is 7.34. The lowest BCUT2D eigenvalue weighted by Crippen LogP contribution is -1.94. The van der Waals surface area contributed by atoms with E-state index in [1.165, 1.54) is 104 Å². The highest BCUT2D eigenvalue weighted by atomic mass is 16.3. The highest BCUT2D eigenvalue weighted by Gasteiger charge is 2.18. The van der Waals surface area contributed by atoms with Crippen LogP contribution in [-0.4, -0.2) is 4.57 Å². The Morgan fingerprint density at radius 1 is 0.373 bits per heavy atom. The summed E-state index contributed by atoms with van der Waals surface area (Å²) in [5, 5.41) is 4.92. The van der Waals surface area contributed by atoms with Crippen molar-refractivity contribution in [2.75, 3.05) is 0 Å². The van der Waals surface area contributed by atoms with Crippen LogP contribution in [0.15, 0.2) is 156 Å². The molecule has 0 aliphatic heterocycles. The molecule has 51 heavy (non-hydrogen) atoms. The predicted molar refractivity (Wildman–Crippen MR) is 215 cm³/mol. The molecule has 0 radical (unpaired) electrons. The Bertz CT molecular complexity index is 2730. The first-order valence-corrected chi connectivity index (χ1v) is 18.6. The van der Waals surface area contributed by atoms with Crippen molar-refractivity contribution in [3.63, 3.8) is 0 Å². The number of nitrogens with zero attached hydrogens (tertiary/aromatic N) is 1. The summed E-state index contributed by atoms with van der Waals surface area (Å²) in [5.74, 6) is 0. The van der Waals surface area contributed by atoms with Gasteiger partial charge in [-0.2, -0.15) is 0 Å². The molecule has 0 atom stereocenters. The van der Waals surface area contributed by atoms with Gasteiger partial charge in [0.1, 0.15) is 11.2 Å². The Morgan fingerprint density at radius 3 is 1.94 bits per heavy atom. The highest BCUT2D eigenvalue weighted by molar-refractivity contribution is 6.11. The van der Waals surface area contributed by atoms with Crippen LogP contribution in [0.3, 0.4) is 0 Å². The Labute approximate surface area is 298 Å². The van der Waals surface area contributed by atoms with Crippen molar-refractivity contribution in [2.24, 2.45) is 0 Å². The van der Waals surface area contributed by atoms with Gasteiger partial charge in [0.15, 0.2) is 0 Å². The van der Waals surface area contributed by atoms with Crippen LogP contribution in [0.5, 0.6) is 0 Å². The maximum absolute atomic E-state index is 6.73. The second kappa shape index (κ2) is 12.5. The third-order valence-corrected chi connectivity index (χ3v) is 11.1. The summed E-state index contributed by atoms with van der Waals surface area (Å²) < 4.78 is 9.14. The number of fused-ring (bicyclic) bond motifs is 9. The second-order valence-electron chi connectivity index (χ2n) is 14.2. The average molecular weight is 658 g/mol. The van der Waals surface area contributed by atoms with E-state index < -0.39 is 0 Å². The Hall–Kier alpha value is -5.86. The summed E-state index contributed by atoms with van der Waals surface area (Å²) in [5.41, 5.74) is 15.9. The molecule has 7 aromatic carbocycles. The average Bonchev–Trinajstić information content (AvgIpc) is 3.70. The molecule has 1 aliphatic carbocycles. The summed E-state index contributed by atoms with van der Waals surface area (Å²) in [6.45, 7) is 0. The summed E-state index contributed by atoms with van der Waals surface area (Å²) in [6.07, 6.45) is 8.67. The molecule has 0 saturated heterocycles. The van der Waals surface area contributed by atoms with Gasteiger partial charge in [0, 0.05) is 27.2 Å². The molecule has 0 saturated carbocycles. The molecule has 10 rings (SSSR count). The molecule has 0 bridgehead atoms. The van der Waals surface area contributed by atoms with Gasteiger partial charge in [-0.1, -0.05) is 122 Å². The third kappa shape index (κ3) is 5.25. The molecular weight excluding hydrogens is 619 g/mol. The van der Waals surface area contributed by atoms with E-state index in [-0.39, 0.29) is 0 Å². The van der Waals surface area contributed by atoms with Crippen LogP contribution < -0.4 is 0 Å². The van der Waals surface area contributed by atoms with Gasteiger partial charge < -0.3 is 8.98 Å². The van der Waals surface area contributed by atoms with E-state index in [9.17, 15) is 0 Å². The summed E-state index contributed by atoms with van der Waals surface area (Å²) in [7, 11) is 0. The standard InChI is InChI=1S/C49H39NO/c1-2-5-16-34-17-9-10-21-40(34)44-32-49-45(29-38(44)18-6-3-1)43-27-25-37(31-48(43)51-49)36-24-26-42-41-22-11-12-23-46(41)50(47(42)30-36)39-20-13-19-35(28-39)33-14-7-4-8-15-33/h4,7-15,17,19-32H,1-3,5-6,16,18H2. The fourth-order valence-electron chi connectivity index (χ4n) is 8.55. The molecule has 0 fully saturated rings. The van der Waals surface area contributed by atoms with Crippen molar-refractivity contribution in [3.8, 4) is 39.1 Å². The van der Waals surface area contributed by atoms with Crippen molar-refractivity contribution in [1.29, 1.82) is 0 Å². The first-order valence-electron chi connectivity index (χ1n) is 18.6. The molecule has 2 heteroatoms. The van der Waals surface area contributed by atoms with Gasteiger partial charge in [-0.15, -0.1) is 0 Å². The summed E-state index contributed by atoms with van der Waals surface area (Å²) in [6, 6.07) is 55.7. The molecule has 2 heterocycles. The zero-order valence-electron chi connectivity index (χ0n) is 28.7. The van der Waals surface area contributed by atoms with E-state index in [2.05, 4.69) is 156 Å². The van der Waals surface area contributed by atoms with Crippen molar-refractivity contribution < 1.29 is 4.42 Å². The minimum atomic E-state index is 0.941. The lowest BCUT2D eigenvalue weighted by molar-refractivity contribution is 0.616. The first kappa shape index (κ1) is 30.0. The van der Waals surface area contributed by atoms with E-state index >= 15 is 0 Å². The number of benzene rings is 7. The molecule has 246 valence electrons. The molecule has 0 unspecified atom stereocenters. The fraction of sp³-hybridized carbons (Fsp3) is 0.143. The quantitative estimate of drug-likeness (QED) is 0.185. The number of rotatable bonds is 3. The van der Waals surface area contributed by atoms with Gasteiger partial charge in [0.25, 0.3) is 0 Å². The van der Waals surface area contributed by atoms with Crippen LogP contribution in [0.25, 0.3) is 82.8 Å². The number of furan rings is 1. The van der Waals surface area contributed by atoms with E-state index in [0.29, 0.717) is 0 Å². The zero-order valence-corrected chi connectivity index (χ0v) is 28.7.